The minimum atomic E-state index is 0.237. The van der Waals surface area contributed by atoms with Crippen molar-refractivity contribution in [3.63, 3.8) is 0 Å². The lowest BCUT2D eigenvalue weighted by Gasteiger charge is -2.35. The molecule has 0 saturated carbocycles. The zero-order valence-corrected chi connectivity index (χ0v) is 12.4. The lowest BCUT2D eigenvalue weighted by atomic mass is 9.92. The molecule has 0 aromatic carbocycles. The first-order valence-corrected chi connectivity index (χ1v) is 7.07. The molecule has 1 atom stereocenters. The van der Waals surface area contributed by atoms with E-state index in [1.54, 1.807) is 0 Å². The first-order chi connectivity index (χ1) is 7.89. The molecule has 0 aliphatic carbocycles. The summed E-state index contributed by atoms with van der Waals surface area (Å²) in [6, 6.07) is 1.41. The van der Waals surface area contributed by atoms with Gasteiger partial charge >= 0.3 is 0 Å². The van der Waals surface area contributed by atoms with Crippen molar-refractivity contribution in [2.24, 2.45) is 11.1 Å². The molecule has 1 unspecified atom stereocenters. The smallest absolute Gasteiger partial charge is 0.0235 e. The Kier molecular flexibility index (Phi) is 5.42. The van der Waals surface area contributed by atoms with Crippen LogP contribution < -0.4 is 5.73 Å². The average Bonchev–Trinajstić information content (AvgIpc) is 2.75. The van der Waals surface area contributed by atoms with Crippen molar-refractivity contribution in [3.8, 4) is 0 Å². The molecule has 1 saturated heterocycles. The molecule has 0 spiro atoms. The van der Waals surface area contributed by atoms with E-state index in [0.29, 0.717) is 6.04 Å². The van der Waals surface area contributed by atoms with Crippen LogP contribution in [0, 0.1) is 5.41 Å². The third-order valence-corrected chi connectivity index (χ3v) is 4.03. The molecule has 3 nitrogen and oxygen atoms in total. The van der Waals surface area contributed by atoms with E-state index in [2.05, 4.69) is 44.4 Å². The van der Waals surface area contributed by atoms with E-state index in [4.69, 9.17) is 5.73 Å². The van der Waals surface area contributed by atoms with Crippen LogP contribution in [0.25, 0.3) is 0 Å². The number of rotatable bonds is 6. The van der Waals surface area contributed by atoms with Crippen molar-refractivity contribution in [1.29, 1.82) is 0 Å². The fourth-order valence-electron chi connectivity index (χ4n) is 2.65. The second-order valence-electron chi connectivity index (χ2n) is 6.46. The maximum absolute atomic E-state index is 5.85. The average molecular weight is 241 g/mol. The third-order valence-electron chi connectivity index (χ3n) is 4.03. The van der Waals surface area contributed by atoms with Gasteiger partial charge < -0.3 is 5.73 Å². The zero-order chi connectivity index (χ0) is 13.1. The highest BCUT2D eigenvalue weighted by molar-refractivity contribution is 4.87. The van der Waals surface area contributed by atoms with E-state index in [1.165, 1.54) is 19.5 Å². The highest BCUT2D eigenvalue weighted by Crippen LogP contribution is 2.22. The molecular formula is C14H31N3. The maximum Gasteiger partial charge on any atom is 0.0235 e. The Labute approximate surface area is 107 Å². The summed E-state index contributed by atoms with van der Waals surface area (Å²) in [5.41, 5.74) is 6.08. The van der Waals surface area contributed by atoms with Crippen LogP contribution in [-0.4, -0.2) is 54.6 Å². The Hall–Kier alpha value is -0.120. The van der Waals surface area contributed by atoms with E-state index >= 15 is 0 Å². The molecule has 0 aromatic heterocycles. The van der Waals surface area contributed by atoms with Crippen LogP contribution in [0.2, 0.25) is 0 Å². The Balaban J connectivity index is 2.52. The van der Waals surface area contributed by atoms with Crippen molar-refractivity contribution in [3.05, 3.63) is 0 Å². The monoisotopic (exact) mass is 241 g/mol. The van der Waals surface area contributed by atoms with Gasteiger partial charge in [-0.15, -0.1) is 0 Å². The van der Waals surface area contributed by atoms with Gasteiger partial charge in [-0.2, -0.15) is 0 Å². The summed E-state index contributed by atoms with van der Waals surface area (Å²) >= 11 is 0. The van der Waals surface area contributed by atoms with Crippen molar-refractivity contribution in [1.82, 2.24) is 9.80 Å². The van der Waals surface area contributed by atoms with Gasteiger partial charge in [-0.25, -0.2) is 0 Å². The minimum Gasteiger partial charge on any atom is -0.330 e. The van der Waals surface area contributed by atoms with Gasteiger partial charge in [-0.3, -0.25) is 9.80 Å². The van der Waals surface area contributed by atoms with Crippen LogP contribution in [0.15, 0.2) is 0 Å². The normalized spacial score (nSPS) is 22.9. The van der Waals surface area contributed by atoms with Crippen molar-refractivity contribution >= 4 is 0 Å². The summed E-state index contributed by atoms with van der Waals surface area (Å²) < 4.78 is 0. The second-order valence-corrected chi connectivity index (χ2v) is 6.46. The van der Waals surface area contributed by atoms with Crippen LogP contribution in [0.4, 0.5) is 0 Å². The van der Waals surface area contributed by atoms with Gasteiger partial charge in [0, 0.05) is 31.7 Å². The number of likely N-dealkylation sites (N-methyl/N-ethyl adjacent to an activating group) is 1. The van der Waals surface area contributed by atoms with Gasteiger partial charge in [-0.05, 0) is 38.8 Å². The van der Waals surface area contributed by atoms with Gasteiger partial charge in [0.25, 0.3) is 0 Å². The summed E-state index contributed by atoms with van der Waals surface area (Å²) in [4.78, 5) is 5.21. The molecule has 1 aliphatic heterocycles. The molecule has 0 aromatic rings. The summed E-state index contributed by atoms with van der Waals surface area (Å²) in [5, 5.41) is 0. The molecule has 1 fully saturated rings. The molecule has 1 rings (SSSR count). The van der Waals surface area contributed by atoms with Crippen molar-refractivity contribution in [2.45, 2.75) is 53.1 Å². The highest BCUT2D eigenvalue weighted by atomic mass is 15.3. The summed E-state index contributed by atoms with van der Waals surface area (Å²) in [5.74, 6) is 0. The fraction of sp³-hybridized carbons (Fsp3) is 1.00. The zero-order valence-electron chi connectivity index (χ0n) is 12.4. The molecule has 2 N–H and O–H groups in total. The number of hydrogen-bond acceptors (Lipinski definition) is 3. The van der Waals surface area contributed by atoms with E-state index < -0.39 is 0 Å². The van der Waals surface area contributed by atoms with Crippen LogP contribution in [-0.2, 0) is 0 Å². The predicted octanol–water partition coefficient (Wildman–Crippen LogP) is 1.78. The summed E-state index contributed by atoms with van der Waals surface area (Å²) in [6.07, 6.45) is 1.31. The SMILES string of the molecule is CCN(CC(C)(C)CN)C1CCN(C(C)C)C1. The molecular weight excluding hydrogens is 210 g/mol. The van der Waals surface area contributed by atoms with Gasteiger partial charge in [0.15, 0.2) is 0 Å². The van der Waals surface area contributed by atoms with Gasteiger partial charge in [0.05, 0.1) is 0 Å². The third kappa shape index (κ3) is 4.23. The quantitative estimate of drug-likeness (QED) is 0.769. The highest BCUT2D eigenvalue weighted by Gasteiger charge is 2.30. The first-order valence-electron chi connectivity index (χ1n) is 7.07. The van der Waals surface area contributed by atoms with E-state index in [0.717, 1.165) is 25.7 Å². The van der Waals surface area contributed by atoms with Crippen LogP contribution in [0.3, 0.4) is 0 Å². The molecule has 0 amide bonds. The second kappa shape index (κ2) is 6.17. The Morgan fingerprint density at radius 3 is 2.47 bits per heavy atom. The van der Waals surface area contributed by atoms with Crippen LogP contribution >= 0.6 is 0 Å². The van der Waals surface area contributed by atoms with Gasteiger partial charge in [-0.1, -0.05) is 20.8 Å². The Morgan fingerprint density at radius 1 is 1.41 bits per heavy atom. The molecule has 102 valence electrons. The predicted molar refractivity (Wildman–Crippen MR) is 75.2 cm³/mol. The largest absolute Gasteiger partial charge is 0.330 e. The number of nitrogens with zero attached hydrogens (tertiary/aromatic N) is 2. The van der Waals surface area contributed by atoms with Crippen molar-refractivity contribution < 1.29 is 0 Å². The van der Waals surface area contributed by atoms with Gasteiger partial charge in [0.1, 0.15) is 0 Å². The maximum atomic E-state index is 5.85. The lowest BCUT2D eigenvalue weighted by molar-refractivity contribution is 0.135. The minimum absolute atomic E-state index is 0.237. The Morgan fingerprint density at radius 2 is 2.06 bits per heavy atom. The number of hydrogen-bond donors (Lipinski definition) is 1. The van der Waals surface area contributed by atoms with Gasteiger partial charge in [0.2, 0.25) is 0 Å². The topological polar surface area (TPSA) is 32.5 Å². The van der Waals surface area contributed by atoms with E-state index in [9.17, 15) is 0 Å². The van der Waals surface area contributed by atoms with E-state index in [1.807, 2.05) is 0 Å². The van der Waals surface area contributed by atoms with Crippen LogP contribution in [0.1, 0.15) is 41.0 Å². The van der Waals surface area contributed by atoms with E-state index in [-0.39, 0.29) is 5.41 Å². The lowest BCUT2D eigenvalue weighted by Crippen LogP contribution is -2.45. The summed E-state index contributed by atoms with van der Waals surface area (Å²) in [7, 11) is 0. The molecule has 0 bridgehead atoms. The van der Waals surface area contributed by atoms with Crippen LogP contribution in [0.5, 0.6) is 0 Å². The molecule has 17 heavy (non-hydrogen) atoms. The standard InChI is InChI=1S/C14H31N3/c1-6-16(11-14(4,5)10-15)13-7-8-17(9-13)12(2)3/h12-13H,6-11,15H2,1-5H3. The fourth-order valence-corrected chi connectivity index (χ4v) is 2.65. The Bertz CT molecular complexity index is 226. The molecule has 1 heterocycles. The first kappa shape index (κ1) is 14.9. The molecule has 3 heteroatoms. The number of likely N-dealkylation sites (tertiary alicyclic amines) is 1. The summed E-state index contributed by atoms with van der Waals surface area (Å²) in [6.45, 7) is 16.9. The molecule has 0 radical (unpaired) electrons. The van der Waals surface area contributed by atoms with Crippen molar-refractivity contribution in [2.75, 3.05) is 32.7 Å². The number of nitrogens with two attached hydrogens (primary N) is 1. The molecule has 1 aliphatic rings.